The first-order valence-corrected chi connectivity index (χ1v) is 4.91. The van der Waals surface area contributed by atoms with E-state index in [0.29, 0.717) is 5.01 Å². The summed E-state index contributed by atoms with van der Waals surface area (Å²) in [6.45, 7) is -0.834. The van der Waals surface area contributed by atoms with Crippen LogP contribution in [-0.4, -0.2) is 75.8 Å². The maximum Gasteiger partial charge on any atom is 0.331 e. The Bertz CT molecular complexity index is 277. The highest BCUT2D eigenvalue weighted by Gasteiger charge is 2.32. The molecule has 0 saturated carbocycles. The molecule has 0 aromatic heterocycles. The standard InChI is InChI=1S/C8H16N3O7/c1-11(10-18)8(17)9-4(2-12)6(15)7(16)5(14)3-13/h2,4-7,10,13-16H,3H2,1H3,(H,9,17)/q-1/t4-,5-,6+,7-/m0/s1. The fourth-order valence-corrected chi connectivity index (χ4v) is 1.03. The molecule has 0 aromatic carbocycles. The van der Waals surface area contributed by atoms with Crippen molar-refractivity contribution in [1.82, 2.24) is 15.9 Å². The van der Waals surface area contributed by atoms with Crippen molar-refractivity contribution in [1.29, 1.82) is 0 Å². The number of hydrazine groups is 1. The molecule has 10 nitrogen and oxygen atoms in total. The third-order valence-corrected chi connectivity index (χ3v) is 2.18. The minimum atomic E-state index is -1.84. The summed E-state index contributed by atoms with van der Waals surface area (Å²) in [5.74, 6) is 0. The van der Waals surface area contributed by atoms with Gasteiger partial charge >= 0.3 is 6.03 Å². The van der Waals surface area contributed by atoms with Crippen LogP contribution in [0, 0.1) is 5.21 Å². The molecule has 0 fully saturated rings. The van der Waals surface area contributed by atoms with Crippen LogP contribution in [0.1, 0.15) is 0 Å². The second-order valence-electron chi connectivity index (χ2n) is 3.49. The Kier molecular flexibility index (Phi) is 7.35. The van der Waals surface area contributed by atoms with Gasteiger partial charge in [-0.15, -0.1) is 0 Å². The predicted molar refractivity (Wildman–Crippen MR) is 57.8 cm³/mol. The molecular formula is C8H16N3O7-. The fourth-order valence-electron chi connectivity index (χ4n) is 1.03. The van der Waals surface area contributed by atoms with Crippen molar-refractivity contribution in [3.63, 3.8) is 0 Å². The quantitative estimate of drug-likeness (QED) is 0.202. The molecule has 0 bridgehead atoms. The number of aliphatic hydroxyl groups excluding tert-OH is 4. The maximum absolute atomic E-state index is 11.2. The zero-order valence-corrected chi connectivity index (χ0v) is 9.55. The van der Waals surface area contributed by atoms with E-state index in [2.05, 4.69) is 0 Å². The van der Waals surface area contributed by atoms with Crippen molar-refractivity contribution in [2.24, 2.45) is 0 Å². The average molecular weight is 266 g/mol. The van der Waals surface area contributed by atoms with Crippen molar-refractivity contribution in [2.45, 2.75) is 24.4 Å². The molecule has 106 valence electrons. The van der Waals surface area contributed by atoms with E-state index in [4.69, 9.17) is 10.2 Å². The highest BCUT2D eigenvalue weighted by Crippen LogP contribution is 2.04. The summed E-state index contributed by atoms with van der Waals surface area (Å²) < 4.78 is 0. The molecule has 10 heteroatoms. The number of aldehydes is 1. The first-order chi connectivity index (χ1) is 8.38. The first kappa shape index (κ1) is 16.7. The molecule has 0 unspecified atom stereocenters. The molecule has 0 radical (unpaired) electrons. The summed E-state index contributed by atoms with van der Waals surface area (Å²) in [6.07, 6.45) is -5.23. The maximum atomic E-state index is 11.2. The van der Waals surface area contributed by atoms with Gasteiger partial charge in [0.05, 0.1) is 6.61 Å². The fraction of sp³-hybridized carbons (Fsp3) is 0.750. The van der Waals surface area contributed by atoms with Gasteiger partial charge in [-0.1, -0.05) is 0 Å². The second-order valence-corrected chi connectivity index (χ2v) is 3.49. The van der Waals surface area contributed by atoms with E-state index < -0.39 is 37.0 Å². The van der Waals surface area contributed by atoms with Gasteiger partial charge in [-0.05, 0) is 0 Å². The van der Waals surface area contributed by atoms with E-state index >= 15 is 0 Å². The van der Waals surface area contributed by atoms with Gasteiger partial charge in [-0.2, -0.15) is 0 Å². The Hall–Kier alpha value is -1.30. The van der Waals surface area contributed by atoms with Gasteiger partial charge in [0.2, 0.25) is 0 Å². The number of nitrogens with one attached hydrogen (secondary N) is 2. The molecule has 0 aliphatic rings. The number of rotatable bonds is 7. The van der Waals surface area contributed by atoms with E-state index in [0.717, 1.165) is 7.05 Å². The number of hydrogen-bond acceptors (Lipinski definition) is 8. The summed E-state index contributed by atoms with van der Waals surface area (Å²) in [7, 11) is 1.07. The summed E-state index contributed by atoms with van der Waals surface area (Å²) in [6, 6.07) is -2.57. The van der Waals surface area contributed by atoms with Gasteiger partial charge in [0.25, 0.3) is 0 Å². The van der Waals surface area contributed by atoms with E-state index in [-0.39, 0.29) is 6.29 Å². The molecule has 0 spiro atoms. The SMILES string of the molecule is CN(N[O-])C(=O)N[C@@H](C=O)[C@@H](O)[C@@H](O)[C@@H](O)CO. The van der Waals surface area contributed by atoms with Crippen LogP contribution in [0.2, 0.25) is 0 Å². The molecule has 6 N–H and O–H groups in total. The first-order valence-electron chi connectivity index (χ1n) is 4.91. The smallest absolute Gasteiger partial charge is 0.331 e. The van der Waals surface area contributed by atoms with Crippen LogP contribution >= 0.6 is 0 Å². The van der Waals surface area contributed by atoms with E-state index in [9.17, 15) is 25.0 Å². The third kappa shape index (κ3) is 4.52. The minimum absolute atomic E-state index is 0.120. The van der Waals surface area contributed by atoms with Crippen LogP contribution in [0.3, 0.4) is 0 Å². The van der Waals surface area contributed by atoms with Gasteiger partial charge in [-0.25, -0.2) is 4.79 Å². The average Bonchev–Trinajstić information content (AvgIpc) is 2.40. The lowest BCUT2D eigenvalue weighted by atomic mass is 10.0. The molecule has 2 amide bonds. The summed E-state index contributed by atoms with van der Waals surface area (Å²) in [5, 5.41) is 49.0. The molecule has 0 aromatic rings. The van der Waals surface area contributed by atoms with Crippen molar-refractivity contribution in [3.8, 4) is 0 Å². The number of urea groups is 1. The third-order valence-electron chi connectivity index (χ3n) is 2.18. The molecule has 4 atom stereocenters. The van der Waals surface area contributed by atoms with Gasteiger partial charge < -0.3 is 41.3 Å². The summed E-state index contributed by atoms with van der Waals surface area (Å²) in [4.78, 5) is 21.9. The van der Waals surface area contributed by atoms with Crippen molar-refractivity contribution in [2.75, 3.05) is 13.7 Å². The lowest BCUT2D eigenvalue weighted by Gasteiger charge is -2.29. The molecular weight excluding hydrogens is 250 g/mol. The highest BCUT2D eigenvalue weighted by atomic mass is 16.5. The van der Waals surface area contributed by atoms with Crippen LogP contribution in [0.5, 0.6) is 0 Å². The summed E-state index contributed by atoms with van der Waals surface area (Å²) in [5.41, 5.74) is 1.22. The van der Waals surface area contributed by atoms with Gasteiger partial charge in [0.15, 0.2) is 0 Å². The van der Waals surface area contributed by atoms with Crippen molar-refractivity contribution >= 4 is 12.3 Å². The second kappa shape index (κ2) is 7.92. The van der Waals surface area contributed by atoms with Crippen LogP contribution in [0.15, 0.2) is 0 Å². The largest absolute Gasteiger partial charge is 0.770 e. The van der Waals surface area contributed by atoms with E-state index in [1.54, 1.807) is 0 Å². The molecule has 0 rings (SSSR count). The summed E-state index contributed by atoms with van der Waals surface area (Å²) >= 11 is 0. The van der Waals surface area contributed by atoms with Crippen LogP contribution < -0.4 is 10.9 Å². The molecule has 18 heavy (non-hydrogen) atoms. The lowest BCUT2D eigenvalue weighted by Crippen LogP contribution is -2.56. The monoisotopic (exact) mass is 266 g/mol. The van der Waals surface area contributed by atoms with Crippen LogP contribution in [-0.2, 0) is 4.79 Å². The Balaban J connectivity index is 4.58. The zero-order chi connectivity index (χ0) is 14.3. The number of amides is 2. The topological polar surface area (TPSA) is 165 Å². The number of nitrogens with zero attached hydrogens (tertiary/aromatic N) is 1. The van der Waals surface area contributed by atoms with Crippen LogP contribution in [0.25, 0.3) is 0 Å². The van der Waals surface area contributed by atoms with Gasteiger partial charge in [0.1, 0.15) is 30.6 Å². The molecule has 0 heterocycles. The zero-order valence-electron chi connectivity index (χ0n) is 9.55. The van der Waals surface area contributed by atoms with E-state index in [1.807, 2.05) is 5.32 Å². The minimum Gasteiger partial charge on any atom is -0.770 e. The van der Waals surface area contributed by atoms with E-state index in [1.165, 1.54) is 5.59 Å². The number of carbonyl (C=O) groups excluding carboxylic acids is 2. The Morgan fingerprint density at radius 3 is 2.33 bits per heavy atom. The Morgan fingerprint density at radius 2 is 1.94 bits per heavy atom. The Morgan fingerprint density at radius 1 is 1.39 bits per heavy atom. The van der Waals surface area contributed by atoms with Gasteiger partial charge in [0, 0.05) is 7.05 Å². The predicted octanol–water partition coefficient (Wildman–Crippen LogP) is -3.73. The molecule has 0 saturated heterocycles. The normalized spacial score (nSPS) is 17.4. The van der Waals surface area contributed by atoms with Crippen molar-refractivity contribution < 1.29 is 30.0 Å². The van der Waals surface area contributed by atoms with Crippen molar-refractivity contribution in [3.05, 3.63) is 5.21 Å². The number of carbonyl (C=O) groups is 2. The molecule has 0 aliphatic carbocycles. The Labute approximate surface area is 102 Å². The number of hydrogen-bond donors (Lipinski definition) is 6. The highest BCUT2D eigenvalue weighted by molar-refractivity contribution is 5.77. The van der Waals surface area contributed by atoms with Gasteiger partial charge in [-0.3, -0.25) is 5.01 Å². The lowest BCUT2D eigenvalue weighted by molar-refractivity contribution is -0.119. The number of aliphatic hydroxyl groups is 4. The molecule has 0 aliphatic heterocycles. The van der Waals surface area contributed by atoms with Crippen LogP contribution in [0.4, 0.5) is 4.79 Å².